The van der Waals surface area contributed by atoms with E-state index in [0.29, 0.717) is 31.6 Å². The van der Waals surface area contributed by atoms with Gasteiger partial charge in [0.15, 0.2) is 6.04 Å². The van der Waals surface area contributed by atoms with E-state index in [1.807, 2.05) is 0 Å². The molecule has 2 heterocycles. The molecule has 1 unspecified atom stereocenters. The van der Waals surface area contributed by atoms with Crippen molar-refractivity contribution in [3.8, 4) is 0 Å². The first-order chi connectivity index (χ1) is 12.1. The number of likely N-dealkylation sites (tertiary alicyclic amines) is 1. The number of carbonyl (C=O) groups excluding carboxylic acids is 2. The van der Waals surface area contributed by atoms with Gasteiger partial charge >= 0.3 is 6.18 Å². The van der Waals surface area contributed by atoms with Crippen molar-refractivity contribution in [3.63, 3.8) is 0 Å². The molecule has 2 rings (SSSR count). The van der Waals surface area contributed by atoms with Crippen LogP contribution in [0.25, 0.3) is 0 Å². The molecule has 1 aromatic rings. The highest BCUT2D eigenvalue weighted by atomic mass is 19.4. The molecular formula is C17H23F3N4O2. The molecule has 2 amide bonds. The van der Waals surface area contributed by atoms with Gasteiger partial charge in [-0.2, -0.15) is 18.3 Å². The standard InChI is InChI=1S/C17H23F3N4O2/c1-5-13(25)24-8-6-12(7-9-24)16(26)21-15(17(18,19)20)14-10(2)22-23(4)11(14)3/h5,12,15H,1,6-9H2,2-4H3,(H,21,26). The quantitative estimate of drug-likeness (QED) is 0.824. The molecule has 1 saturated heterocycles. The Balaban J connectivity index is 2.14. The first kappa shape index (κ1) is 20.0. The van der Waals surface area contributed by atoms with Crippen molar-refractivity contribution in [3.05, 3.63) is 29.6 Å². The van der Waals surface area contributed by atoms with Crippen LogP contribution in [0.4, 0.5) is 13.2 Å². The molecule has 1 atom stereocenters. The minimum Gasteiger partial charge on any atom is -0.340 e. The van der Waals surface area contributed by atoms with Crippen LogP contribution in [0.15, 0.2) is 12.7 Å². The van der Waals surface area contributed by atoms with Gasteiger partial charge in [-0.25, -0.2) is 0 Å². The van der Waals surface area contributed by atoms with E-state index < -0.39 is 24.0 Å². The van der Waals surface area contributed by atoms with Crippen LogP contribution < -0.4 is 5.32 Å². The number of amides is 2. The van der Waals surface area contributed by atoms with Crippen molar-refractivity contribution in [1.29, 1.82) is 0 Å². The Hall–Kier alpha value is -2.32. The average Bonchev–Trinajstić information content (AvgIpc) is 2.83. The lowest BCUT2D eigenvalue weighted by atomic mass is 9.94. The van der Waals surface area contributed by atoms with Crippen molar-refractivity contribution < 1.29 is 22.8 Å². The van der Waals surface area contributed by atoms with Crippen molar-refractivity contribution in [2.75, 3.05) is 13.1 Å². The smallest absolute Gasteiger partial charge is 0.340 e. The van der Waals surface area contributed by atoms with E-state index in [1.165, 1.54) is 22.6 Å². The molecule has 0 aliphatic carbocycles. The fraction of sp³-hybridized carbons (Fsp3) is 0.588. The van der Waals surface area contributed by atoms with Gasteiger partial charge in [0.05, 0.1) is 5.69 Å². The maximum atomic E-state index is 13.6. The van der Waals surface area contributed by atoms with Crippen LogP contribution >= 0.6 is 0 Å². The number of alkyl halides is 3. The predicted molar refractivity (Wildman–Crippen MR) is 89.1 cm³/mol. The molecule has 6 nitrogen and oxygen atoms in total. The van der Waals surface area contributed by atoms with Gasteiger partial charge in [-0.15, -0.1) is 0 Å². The molecule has 0 spiro atoms. The maximum Gasteiger partial charge on any atom is 0.413 e. The lowest BCUT2D eigenvalue weighted by molar-refractivity contribution is -0.165. The van der Waals surface area contributed by atoms with Crippen LogP contribution in [0.5, 0.6) is 0 Å². The van der Waals surface area contributed by atoms with Crippen LogP contribution in [0.1, 0.15) is 35.8 Å². The maximum absolute atomic E-state index is 13.6. The number of hydrogen-bond acceptors (Lipinski definition) is 3. The summed E-state index contributed by atoms with van der Waals surface area (Å²) in [6.07, 6.45) is -2.80. The number of nitrogens with one attached hydrogen (secondary N) is 1. The molecule has 1 fully saturated rings. The van der Waals surface area contributed by atoms with Crippen LogP contribution in [0.3, 0.4) is 0 Å². The number of hydrogen-bond donors (Lipinski definition) is 1. The summed E-state index contributed by atoms with van der Waals surface area (Å²) in [5.74, 6) is -1.45. The number of rotatable bonds is 4. The lowest BCUT2D eigenvalue weighted by Gasteiger charge is -2.32. The topological polar surface area (TPSA) is 67.2 Å². The SMILES string of the molecule is C=CC(=O)N1CCC(C(=O)NC(c2c(C)nn(C)c2C)C(F)(F)F)CC1. The first-order valence-electron chi connectivity index (χ1n) is 8.34. The van der Waals surface area contributed by atoms with Gasteiger partial charge in [0.2, 0.25) is 11.8 Å². The molecule has 144 valence electrons. The zero-order valence-corrected chi connectivity index (χ0v) is 15.1. The van der Waals surface area contributed by atoms with Gasteiger partial charge < -0.3 is 10.2 Å². The van der Waals surface area contributed by atoms with Crippen molar-refractivity contribution in [1.82, 2.24) is 20.0 Å². The summed E-state index contributed by atoms with van der Waals surface area (Å²) in [5.41, 5.74) is 0.572. The average molecular weight is 372 g/mol. The third-order valence-electron chi connectivity index (χ3n) is 4.82. The Morgan fingerprint density at radius 2 is 1.88 bits per heavy atom. The number of nitrogens with zero attached hydrogens (tertiary/aromatic N) is 3. The summed E-state index contributed by atoms with van der Waals surface area (Å²) in [5, 5.41) is 6.17. The van der Waals surface area contributed by atoms with E-state index in [-0.39, 0.29) is 17.2 Å². The van der Waals surface area contributed by atoms with Gasteiger partial charge in [-0.3, -0.25) is 14.3 Å². The summed E-state index contributed by atoms with van der Waals surface area (Å²) in [6.45, 7) is 7.09. The van der Waals surface area contributed by atoms with E-state index >= 15 is 0 Å². The third kappa shape index (κ3) is 4.08. The minimum absolute atomic E-state index is 0.0207. The van der Waals surface area contributed by atoms with Crippen LogP contribution in [0.2, 0.25) is 0 Å². The zero-order chi connectivity index (χ0) is 19.6. The second-order valence-electron chi connectivity index (χ2n) is 6.49. The van der Waals surface area contributed by atoms with Gasteiger partial charge in [-0.1, -0.05) is 6.58 Å². The number of aryl methyl sites for hydroxylation is 2. The van der Waals surface area contributed by atoms with E-state index in [0.717, 1.165) is 0 Å². The minimum atomic E-state index is -4.63. The number of halogens is 3. The summed E-state index contributed by atoms with van der Waals surface area (Å²) in [4.78, 5) is 25.5. The molecule has 0 saturated carbocycles. The van der Waals surface area contributed by atoms with E-state index in [4.69, 9.17) is 0 Å². The van der Waals surface area contributed by atoms with Gasteiger partial charge in [0.1, 0.15) is 0 Å². The molecule has 0 aromatic carbocycles. The summed E-state index contributed by atoms with van der Waals surface area (Å²) >= 11 is 0. The van der Waals surface area contributed by atoms with Gasteiger partial charge in [0, 0.05) is 37.3 Å². The van der Waals surface area contributed by atoms with E-state index in [2.05, 4.69) is 17.0 Å². The predicted octanol–water partition coefficient (Wildman–Crippen LogP) is 2.18. The van der Waals surface area contributed by atoms with E-state index in [9.17, 15) is 22.8 Å². The first-order valence-corrected chi connectivity index (χ1v) is 8.34. The van der Waals surface area contributed by atoms with E-state index in [1.54, 1.807) is 14.0 Å². The van der Waals surface area contributed by atoms with Gasteiger partial charge in [-0.05, 0) is 32.8 Å². The zero-order valence-electron chi connectivity index (χ0n) is 15.1. The molecule has 0 bridgehead atoms. The highest BCUT2D eigenvalue weighted by Gasteiger charge is 2.45. The van der Waals surface area contributed by atoms with Crippen LogP contribution in [-0.4, -0.2) is 45.8 Å². The number of aromatic nitrogens is 2. The lowest BCUT2D eigenvalue weighted by Crippen LogP contribution is -2.46. The highest BCUT2D eigenvalue weighted by Crippen LogP contribution is 2.36. The molecule has 0 radical (unpaired) electrons. The number of carbonyl (C=O) groups is 2. The summed E-state index contributed by atoms with van der Waals surface area (Å²) < 4.78 is 42.2. The van der Waals surface area contributed by atoms with Crippen LogP contribution in [0, 0.1) is 19.8 Å². The fourth-order valence-corrected chi connectivity index (χ4v) is 3.28. The Bertz CT molecular complexity index is 704. The van der Waals surface area contributed by atoms with Gasteiger partial charge in [0.25, 0.3) is 0 Å². The second-order valence-corrected chi connectivity index (χ2v) is 6.49. The summed E-state index contributed by atoms with van der Waals surface area (Å²) in [7, 11) is 1.56. The third-order valence-corrected chi connectivity index (χ3v) is 4.82. The molecule has 1 aliphatic rings. The second kappa shape index (κ2) is 7.51. The molecular weight excluding hydrogens is 349 g/mol. The molecule has 1 aromatic heterocycles. The van der Waals surface area contributed by atoms with Crippen molar-refractivity contribution >= 4 is 11.8 Å². The molecule has 1 aliphatic heterocycles. The Morgan fingerprint density at radius 3 is 2.31 bits per heavy atom. The number of piperidine rings is 1. The normalized spacial score (nSPS) is 17.1. The Morgan fingerprint density at radius 1 is 1.31 bits per heavy atom. The molecule has 9 heteroatoms. The summed E-state index contributed by atoms with van der Waals surface area (Å²) in [6, 6.07) is -2.10. The largest absolute Gasteiger partial charge is 0.413 e. The highest BCUT2D eigenvalue weighted by molar-refractivity contribution is 5.87. The molecule has 1 N–H and O–H groups in total. The Kier molecular flexibility index (Phi) is 5.77. The van der Waals surface area contributed by atoms with Crippen molar-refractivity contribution in [2.45, 2.75) is 38.9 Å². The van der Waals surface area contributed by atoms with Crippen LogP contribution in [-0.2, 0) is 16.6 Å². The van der Waals surface area contributed by atoms with Crippen molar-refractivity contribution in [2.24, 2.45) is 13.0 Å². The monoisotopic (exact) mass is 372 g/mol. The fourth-order valence-electron chi connectivity index (χ4n) is 3.28. The Labute approximate surface area is 150 Å². The molecule has 26 heavy (non-hydrogen) atoms.